The lowest BCUT2D eigenvalue weighted by Crippen LogP contribution is -2.27. The van der Waals surface area contributed by atoms with Crippen LogP contribution in [0, 0.1) is 0 Å². The van der Waals surface area contributed by atoms with E-state index < -0.39 is 17.3 Å². The molecule has 0 saturated carbocycles. The summed E-state index contributed by atoms with van der Waals surface area (Å²) >= 11 is 0. The van der Waals surface area contributed by atoms with Crippen LogP contribution in [0.15, 0.2) is 18.2 Å². The summed E-state index contributed by atoms with van der Waals surface area (Å²) in [6.07, 6.45) is -0.522. The van der Waals surface area contributed by atoms with E-state index in [0.717, 1.165) is 5.56 Å². The summed E-state index contributed by atoms with van der Waals surface area (Å²) in [4.78, 5) is 16.7. The van der Waals surface area contributed by atoms with Crippen molar-refractivity contribution in [2.45, 2.75) is 45.8 Å². The van der Waals surface area contributed by atoms with Crippen molar-refractivity contribution in [1.29, 1.82) is 0 Å². The molecule has 1 aromatic carbocycles. The zero-order valence-corrected chi connectivity index (χ0v) is 13.4. The first-order valence-electron chi connectivity index (χ1n) is 6.65. The van der Waals surface area contributed by atoms with E-state index in [1.165, 1.54) is 0 Å². The lowest BCUT2D eigenvalue weighted by Gasteiger charge is -2.25. The van der Waals surface area contributed by atoms with Gasteiger partial charge < -0.3 is 9.47 Å². The van der Waals surface area contributed by atoms with Crippen LogP contribution in [0.25, 0.3) is 0 Å². The average molecular weight is 296 g/mol. The molecular formula is C15H24N2O4. The van der Waals surface area contributed by atoms with Gasteiger partial charge in [-0.2, -0.15) is 0 Å². The maximum atomic E-state index is 11.7. The van der Waals surface area contributed by atoms with E-state index in [2.05, 4.69) is 5.32 Å². The molecule has 6 nitrogen and oxygen atoms in total. The van der Waals surface area contributed by atoms with E-state index >= 15 is 0 Å². The Hall–Kier alpha value is -1.79. The molecule has 0 bridgehead atoms. The summed E-state index contributed by atoms with van der Waals surface area (Å²) in [5.74, 6) is 5.87. The maximum absolute atomic E-state index is 11.7. The Labute approximate surface area is 125 Å². The summed E-state index contributed by atoms with van der Waals surface area (Å²) in [5, 5.41) is 2.66. The Kier molecular flexibility index (Phi) is 5.20. The third-order valence-electron chi connectivity index (χ3n) is 2.79. The van der Waals surface area contributed by atoms with Crippen LogP contribution in [0.4, 0.5) is 10.5 Å². The second-order valence-corrected chi connectivity index (χ2v) is 6.17. The SMILES string of the molecule is COc1cc(NC(=O)OC(C)(C)C)ccc1C(C)(C)ON. The van der Waals surface area contributed by atoms with Gasteiger partial charge in [0.05, 0.1) is 7.11 Å². The Morgan fingerprint density at radius 1 is 1.19 bits per heavy atom. The minimum Gasteiger partial charge on any atom is -0.496 e. The summed E-state index contributed by atoms with van der Waals surface area (Å²) in [6, 6.07) is 5.22. The lowest BCUT2D eigenvalue weighted by atomic mass is 9.97. The number of hydrogen-bond acceptors (Lipinski definition) is 5. The fourth-order valence-electron chi connectivity index (χ4n) is 1.75. The standard InChI is InChI=1S/C15H24N2O4/c1-14(2,3)20-13(18)17-10-7-8-11(12(9-10)19-6)15(4,5)21-16/h7-9H,16H2,1-6H3,(H,17,18). The van der Waals surface area contributed by atoms with Gasteiger partial charge in [0.15, 0.2) is 0 Å². The van der Waals surface area contributed by atoms with Crippen LogP contribution in [0.5, 0.6) is 5.75 Å². The smallest absolute Gasteiger partial charge is 0.412 e. The molecule has 0 heterocycles. The zero-order chi connectivity index (χ0) is 16.3. The number of carbonyl (C=O) groups is 1. The van der Waals surface area contributed by atoms with Gasteiger partial charge in [-0.25, -0.2) is 10.7 Å². The molecule has 3 N–H and O–H groups in total. The number of hydrogen-bond donors (Lipinski definition) is 2. The number of carbonyl (C=O) groups excluding carboxylic acids is 1. The van der Waals surface area contributed by atoms with Crippen molar-refractivity contribution in [3.05, 3.63) is 23.8 Å². The van der Waals surface area contributed by atoms with Crippen LogP contribution in [-0.2, 0) is 15.2 Å². The molecule has 118 valence electrons. The highest BCUT2D eigenvalue weighted by Gasteiger charge is 2.25. The second-order valence-electron chi connectivity index (χ2n) is 6.17. The maximum Gasteiger partial charge on any atom is 0.412 e. The number of amides is 1. The normalized spacial score (nSPS) is 12.0. The highest BCUT2D eigenvalue weighted by molar-refractivity contribution is 5.85. The van der Waals surface area contributed by atoms with E-state index in [4.69, 9.17) is 20.2 Å². The Balaban J connectivity index is 2.96. The second kappa shape index (κ2) is 6.32. The highest BCUT2D eigenvalue weighted by atomic mass is 16.6. The number of nitrogens with two attached hydrogens (primary N) is 1. The molecule has 0 saturated heterocycles. The summed E-state index contributed by atoms with van der Waals surface area (Å²) in [6.45, 7) is 9.06. The van der Waals surface area contributed by atoms with Crippen molar-refractivity contribution in [3.63, 3.8) is 0 Å². The van der Waals surface area contributed by atoms with Gasteiger partial charge in [-0.1, -0.05) is 6.07 Å². The Morgan fingerprint density at radius 3 is 2.29 bits per heavy atom. The van der Waals surface area contributed by atoms with E-state index in [-0.39, 0.29) is 0 Å². The molecule has 0 aliphatic heterocycles. The van der Waals surface area contributed by atoms with Gasteiger partial charge in [-0.05, 0) is 40.7 Å². The molecule has 21 heavy (non-hydrogen) atoms. The molecule has 1 rings (SSSR count). The molecule has 0 atom stereocenters. The Morgan fingerprint density at radius 2 is 1.81 bits per heavy atom. The number of methoxy groups -OCH3 is 1. The van der Waals surface area contributed by atoms with Crippen LogP contribution < -0.4 is 16.0 Å². The minimum atomic E-state index is -0.699. The lowest BCUT2D eigenvalue weighted by molar-refractivity contribution is -0.0250. The molecule has 1 aromatic rings. The largest absolute Gasteiger partial charge is 0.496 e. The number of ether oxygens (including phenoxy) is 2. The van der Waals surface area contributed by atoms with Gasteiger partial charge in [-0.3, -0.25) is 10.2 Å². The fraction of sp³-hybridized carbons (Fsp3) is 0.533. The number of nitrogens with one attached hydrogen (secondary N) is 1. The molecule has 1 amide bonds. The quantitative estimate of drug-likeness (QED) is 0.834. The van der Waals surface area contributed by atoms with Crippen molar-refractivity contribution in [2.24, 2.45) is 5.90 Å². The zero-order valence-electron chi connectivity index (χ0n) is 13.4. The summed E-state index contributed by atoms with van der Waals surface area (Å²) < 4.78 is 10.5. The van der Waals surface area contributed by atoms with Gasteiger partial charge in [0.1, 0.15) is 17.0 Å². The fourth-order valence-corrected chi connectivity index (χ4v) is 1.75. The first-order valence-corrected chi connectivity index (χ1v) is 6.65. The monoisotopic (exact) mass is 296 g/mol. The molecule has 0 aliphatic rings. The van der Waals surface area contributed by atoms with E-state index in [9.17, 15) is 4.79 Å². The number of benzene rings is 1. The van der Waals surface area contributed by atoms with Crippen molar-refractivity contribution in [1.82, 2.24) is 0 Å². The molecule has 0 spiro atoms. The Bertz CT molecular complexity index is 507. The third-order valence-corrected chi connectivity index (χ3v) is 2.79. The molecule has 0 unspecified atom stereocenters. The topological polar surface area (TPSA) is 82.8 Å². The van der Waals surface area contributed by atoms with Crippen LogP contribution in [0.2, 0.25) is 0 Å². The van der Waals surface area contributed by atoms with Gasteiger partial charge in [0.25, 0.3) is 0 Å². The summed E-state index contributed by atoms with van der Waals surface area (Å²) in [7, 11) is 1.54. The first kappa shape index (κ1) is 17.3. The number of anilines is 1. The van der Waals surface area contributed by atoms with Crippen molar-refractivity contribution >= 4 is 11.8 Å². The molecule has 0 aliphatic carbocycles. The predicted molar refractivity (Wildman–Crippen MR) is 81.1 cm³/mol. The highest BCUT2D eigenvalue weighted by Crippen LogP contribution is 2.33. The van der Waals surface area contributed by atoms with E-state index in [1.54, 1.807) is 46.1 Å². The summed E-state index contributed by atoms with van der Waals surface area (Å²) in [5.41, 5.74) is 0.0964. The number of rotatable bonds is 4. The van der Waals surface area contributed by atoms with Crippen molar-refractivity contribution in [2.75, 3.05) is 12.4 Å². The van der Waals surface area contributed by atoms with Gasteiger partial charge >= 0.3 is 6.09 Å². The minimum absolute atomic E-state index is 0.522. The van der Waals surface area contributed by atoms with Crippen molar-refractivity contribution < 1.29 is 19.1 Å². The van der Waals surface area contributed by atoms with Gasteiger partial charge in [0, 0.05) is 17.3 Å². The van der Waals surface area contributed by atoms with Gasteiger partial charge in [-0.15, -0.1) is 0 Å². The first-order chi connectivity index (χ1) is 9.59. The third kappa shape index (κ3) is 4.91. The van der Waals surface area contributed by atoms with Crippen molar-refractivity contribution in [3.8, 4) is 5.75 Å². The predicted octanol–water partition coefficient (Wildman–Crippen LogP) is 3.17. The molecule has 0 fully saturated rings. The van der Waals surface area contributed by atoms with E-state index in [0.29, 0.717) is 11.4 Å². The van der Waals surface area contributed by atoms with Crippen LogP contribution in [-0.4, -0.2) is 18.8 Å². The van der Waals surface area contributed by atoms with E-state index in [1.807, 2.05) is 13.8 Å². The molecule has 6 heteroatoms. The van der Waals surface area contributed by atoms with Crippen LogP contribution >= 0.6 is 0 Å². The molecule has 0 aromatic heterocycles. The molecule has 0 radical (unpaired) electrons. The van der Waals surface area contributed by atoms with Crippen LogP contribution in [0.3, 0.4) is 0 Å². The van der Waals surface area contributed by atoms with Gasteiger partial charge in [0.2, 0.25) is 0 Å². The molecular weight excluding hydrogens is 272 g/mol. The average Bonchev–Trinajstić information content (AvgIpc) is 2.36. The van der Waals surface area contributed by atoms with Crippen LogP contribution in [0.1, 0.15) is 40.2 Å².